The van der Waals surface area contributed by atoms with Gasteiger partial charge in [-0.15, -0.1) is 10.2 Å². The molecular formula is C9H9N4. The van der Waals surface area contributed by atoms with E-state index in [0.717, 1.165) is 6.42 Å². The van der Waals surface area contributed by atoms with Gasteiger partial charge in [-0.25, -0.2) is 0 Å². The molecule has 0 amide bonds. The van der Waals surface area contributed by atoms with Crippen molar-refractivity contribution < 1.29 is 0 Å². The Morgan fingerprint density at radius 3 is 2.77 bits per heavy atom. The van der Waals surface area contributed by atoms with E-state index < -0.39 is 0 Å². The summed E-state index contributed by atoms with van der Waals surface area (Å²) in [5.41, 5.74) is 1.24. The van der Waals surface area contributed by atoms with Crippen molar-refractivity contribution in [2.75, 3.05) is 0 Å². The molecule has 1 aromatic carbocycles. The van der Waals surface area contributed by atoms with Gasteiger partial charge in [-0.05, 0) is 17.2 Å². The van der Waals surface area contributed by atoms with E-state index in [-0.39, 0.29) is 0 Å². The molecule has 0 saturated carbocycles. The lowest BCUT2D eigenvalue weighted by atomic mass is 10.2. The number of hydrogen-bond donors (Lipinski definition) is 0. The van der Waals surface area contributed by atoms with E-state index >= 15 is 0 Å². The van der Waals surface area contributed by atoms with Crippen LogP contribution in [0.1, 0.15) is 5.56 Å². The van der Waals surface area contributed by atoms with E-state index in [9.17, 15) is 0 Å². The summed E-state index contributed by atoms with van der Waals surface area (Å²) in [6, 6.07) is 10.1. The van der Waals surface area contributed by atoms with Gasteiger partial charge < -0.3 is 0 Å². The molecule has 0 N–H and O–H groups in total. The highest BCUT2D eigenvalue weighted by atomic mass is 15.6. The molecule has 0 aliphatic carbocycles. The maximum Gasteiger partial charge on any atom is 0.162 e. The number of tetrazole rings is 1. The van der Waals surface area contributed by atoms with E-state index in [1.807, 2.05) is 24.7 Å². The summed E-state index contributed by atoms with van der Waals surface area (Å²) in [6.45, 7) is 1.88. The Morgan fingerprint density at radius 1 is 1.23 bits per heavy atom. The first kappa shape index (κ1) is 7.91. The molecule has 0 bridgehead atoms. The third kappa shape index (κ3) is 2.11. The largest absolute Gasteiger partial charge is 0.162 e. The van der Waals surface area contributed by atoms with Crippen molar-refractivity contribution in [3.05, 3.63) is 48.8 Å². The first-order valence-corrected chi connectivity index (χ1v) is 4.05. The number of aromatic nitrogens is 4. The van der Waals surface area contributed by atoms with E-state index in [4.69, 9.17) is 0 Å². The minimum atomic E-state index is 0.817. The molecule has 2 rings (SSSR count). The van der Waals surface area contributed by atoms with Gasteiger partial charge >= 0.3 is 0 Å². The standard InChI is InChI=1S/C9H9N4/c1-2-4-9(5-3-1)6-7-13-11-8-10-12-13/h1-5,7-8H,6H2. The van der Waals surface area contributed by atoms with E-state index in [2.05, 4.69) is 27.5 Å². The third-order valence-corrected chi connectivity index (χ3v) is 1.70. The number of nitrogens with zero attached hydrogens (tertiary/aromatic N) is 4. The molecule has 13 heavy (non-hydrogen) atoms. The molecule has 1 aromatic heterocycles. The minimum Gasteiger partial charge on any atom is -0.159 e. The third-order valence-electron chi connectivity index (χ3n) is 1.70. The fourth-order valence-corrected chi connectivity index (χ4v) is 1.06. The van der Waals surface area contributed by atoms with E-state index in [0.29, 0.717) is 0 Å². The molecule has 0 saturated heterocycles. The second-order valence-corrected chi connectivity index (χ2v) is 2.63. The van der Waals surface area contributed by atoms with Gasteiger partial charge in [-0.1, -0.05) is 30.3 Å². The van der Waals surface area contributed by atoms with Crippen molar-refractivity contribution >= 4 is 0 Å². The van der Waals surface area contributed by atoms with Gasteiger partial charge in [0.25, 0.3) is 0 Å². The fraction of sp³-hybridized carbons (Fsp3) is 0.111. The maximum absolute atomic E-state index is 3.87. The van der Waals surface area contributed by atoms with Crippen molar-refractivity contribution in [2.45, 2.75) is 6.42 Å². The van der Waals surface area contributed by atoms with Crippen molar-refractivity contribution in [2.24, 2.45) is 0 Å². The second-order valence-electron chi connectivity index (χ2n) is 2.63. The Balaban J connectivity index is 1.94. The molecule has 0 unspecified atom stereocenters. The quantitative estimate of drug-likeness (QED) is 0.693. The van der Waals surface area contributed by atoms with Gasteiger partial charge in [0, 0.05) is 0 Å². The predicted molar refractivity (Wildman–Crippen MR) is 47.7 cm³/mol. The average molecular weight is 173 g/mol. The normalized spacial score (nSPS) is 10.2. The minimum absolute atomic E-state index is 0.817. The van der Waals surface area contributed by atoms with Gasteiger partial charge in [0.15, 0.2) is 6.33 Å². The zero-order chi connectivity index (χ0) is 8.93. The van der Waals surface area contributed by atoms with Crippen LogP contribution in [-0.4, -0.2) is 20.2 Å². The molecule has 0 aliphatic heterocycles. The summed E-state index contributed by atoms with van der Waals surface area (Å²) in [4.78, 5) is 1.47. The van der Waals surface area contributed by atoms with Crippen LogP contribution in [0.3, 0.4) is 0 Å². The SMILES string of the molecule is [CH](Cc1ccccc1)n1ncnn1. The van der Waals surface area contributed by atoms with Crippen LogP contribution in [-0.2, 0) is 6.42 Å². The second kappa shape index (κ2) is 3.80. The van der Waals surface area contributed by atoms with Gasteiger partial charge in [-0.3, -0.25) is 0 Å². The zero-order valence-corrected chi connectivity index (χ0v) is 7.04. The first-order valence-electron chi connectivity index (χ1n) is 4.05. The Labute approximate surface area is 76.2 Å². The van der Waals surface area contributed by atoms with E-state index in [1.54, 1.807) is 0 Å². The highest BCUT2D eigenvalue weighted by Gasteiger charge is 1.95. The van der Waals surface area contributed by atoms with Crippen LogP contribution in [0.15, 0.2) is 36.7 Å². The van der Waals surface area contributed by atoms with Crippen LogP contribution >= 0.6 is 0 Å². The first-order chi connectivity index (χ1) is 6.45. The molecule has 4 nitrogen and oxygen atoms in total. The molecular weight excluding hydrogens is 164 g/mol. The molecule has 2 aromatic rings. The van der Waals surface area contributed by atoms with Gasteiger partial charge in [0.1, 0.15) is 6.54 Å². The van der Waals surface area contributed by atoms with Gasteiger partial charge in [0.2, 0.25) is 0 Å². The Hall–Kier alpha value is -1.71. The summed E-state index contributed by atoms with van der Waals surface area (Å²) < 4.78 is 0. The Morgan fingerprint density at radius 2 is 2.08 bits per heavy atom. The van der Waals surface area contributed by atoms with Gasteiger partial charge in [-0.2, -0.15) is 4.80 Å². The molecule has 0 aliphatic rings. The molecule has 0 spiro atoms. The Bertz CT molecular complexity index is 341. The zero-order valence-electron chi connectivity index (χ0n) is 7.04. The molecule has 65 valence electrons. The van der Waals surface area contributed by atoms with Crippen LogP contribution in [0.2, 0.25) is 0 Å². The lowest BCUT2D eigenvalue weighted by Crippen LogP contribution is -2.02. The molecule has 4 heteroatoms. The molecule has 0 atom stereocenters. The predicted octanol–water partition coefficient (Wildman–Crippen LogP) is 0.926. The highest BCUT2D eigenvalue weighted by molar-refractivity contribution is 5.16. The van der Waals surface area contributed by atoms with Crippen LogP contribution < -0.4 is 0 Å². The van der Waals surface area contributed by atoms with Crippen LogP contribution in [0.5, 0.6) is 0 Å². The van der Waals surface area contributed by atoms with Crippen LogP contribution in [0.25, 0.3) is 0 Å². The van der Waals surface area contributed by atoms with Crippen molar-refractivity contribution in [1.82, 2.24) is 20.2 Å². The summed E-state index contributed by atoms with van der Waals surface area (Å²) in [6.07, 6.45) is 2.23. The summed E-state index contributed by atoms with van der Waals surface area (Å²) in [5, 5.41) is 11.2. The average Bonchev–Trinajstić information content (AvgIpc) is 2.69. The molecule has 0 fully saturated rings. The lowest BCUT2D eigenvalue weighted by Gasteiger charge is -1.97. The van der Waals surface area contributed by atoms with Crippen molar-refractivity contribution in [3.8, 4) is 0 Å². The van der Waals surface area contributed by atoms with E-state index in [1.165, 1.54) is 16.7 Å². The van der Waals surface area contributed by atoms with Crippen LogP contribution in [0, 0.1) is 6.54 Å². The summed E-state index contributed by atoms with van der Waals surface area (Å²) >= 11 is 0. The topological polar surface area (TPSA) is 43.6 Å². The number of hydrogen-bond acceptors (Lipinski definition) is 3. The summed E-state index contributed by atoms with van der Waals surface area (Å²) in [7, 11) is 0. The number of rotatable bonds is 3. The van der Waals surface area contributed by atoms with Gasteiger partial charge in [0.05, 0.1) is 0 Å². The summed E-state index contributed by atoms with van der Waals surface area (Å²) in [5.74, 6) is 0. The fourth-order valence-electron chi connectivity index (χ4n) is 1.06. The lowest BCUT2D eigenvalue weighted by molar-refractivity contribution is 0.646. The number of benzene rings is 1. The van der Waals surface area contributed by atoms with Crippen LogP contribution in [0.4, 0.5) is 0 Å². The van der Waals surface area contributed by atoms with Crippen molar-refractivity contribution in [3.63, 3.8) is 0 Å². The Kier molecular flexibility index (Phi) is 2.31. The smallest absolute Gasteiger partial charge is 0.159 e. The van der Waals surface area contributed by atoms with Crippen molar-refractivity contribution in [1.29, 1.82) is 0 Å². The molecule has 1 heterocycles. The monoisotopic (exact) mass is 173 g/mol. The maximum atomic E-state index is 3.87. The molecule has 1 radical (unpaired) electrons. The highest BCUT2D eigenvalue weighted by Crippen LogP contribution is 2.00.